The molecule has 19 heavy (non-hydrogen) atoms. The van der Waals surface area contributed by atoms with Crippen LogP contribution in [0.25, 0.3) is 0 Å². The summed E-state index contributed by atoms with van der Waals surface area (Å²) >= 11 is 0. The molecule has 0 amide bonds. The number of allylic oxidation sites excluding steroid dienone is 4. The molecule has 2 unspecified atom stereocenters. The molecule has 0 saturated carbocycles. The summed E-state index contributed by atoms with van der Waals surface area (Å²) in [6.45, 7) is 21.7. The number of hydrogen-bond acceptors (Lipinski definition) is 0. The third-order valence-corrected chi connectivity index (χ3v) is 4.48. The Hall–Kier alpha value is -0.780. The van der Waals surface area contributed by atoms with Crippen molar-refractivity contribution in [2.24, 2.45) is 11.3 Å². The van der Waals surface area contributed by atoms with E-state index in [1.165, 1.54) is 42.4 Å². The molecular weight excluding hydrogens is 228 g/mol. The molecule has 0 heterocycles. The van der Waals surface area contributed by atoms with E-state index >= 15 is 0 Å². The quantitative estimate of drug-likeness (QED) is 0.320. The third-order valence-electron chi connectivity index (χ3n) is 4.48. The van der Waals surface area contributed by atoms with E-state index in [0.29, 0.717) is 11.3 Å². The molecule has 0 aromatic rings. The molecule has 0 saturated heterocycles. The maximum Gasteiger partial charge on any atom is -0.0137 e. The van der Waals surface area contributed by atoms with E-state index in [4.69, 9.17) is 0 Å². The number of rotatable bonds is 9. The Morgan fingerprint density at radius 1 is 1.21 bits per heavy atom. The van der Waals surface area contributed by atoms with Crippen LogP contribution >= 0.6 is 0 Å². The lowest BCUT2D eigenvalue weighted by atomic mass is 9.67. The fourth-order valence-corrected chi connectivity index (χ4v) is 3.11. The normalized spacial score (nSPS) is 15.5. The Morgan fingerprint density at radius 2 is 1.79 bits per heavy atom. The molecule has 0 radical (unpaired) electrons. The number of hydrogen-bond donors (Lipinski definition) is 0. The average molecular weight is 262 g/mol. The molecule has 0 aliphatic carbocycles. The minimum absolute atomic E-state index is 0.380. The van der Waals surface area contributed by atoms with Gasteiger partial charge in [-0.3, -0.25) is 0 Å². The average Bonchev–Trinajstić information content (AvgIpc) is 2.29. The van der Waals surface area contributed by atoms with Crippen LogP contribution in [0.5, 0.6) is 0 Å². The molecule has 2 atom stereocenters. The Bertz CT molecular complexity index is 328. The van der Waals surface area contributed by atoms with Crippen LogP contribution in [0, 0.1) is 11.3 Å². The van der Waals surface area contributed by atoms with Crippen molar-refractivity contribution in [3.8, 4) is 0 Å². The van der Waals surface area contributed by atoms with Gasteiger partial charge in [-0.15, -0.1) is 6.58 Å². The first-order valence-corrected chi connectivity index (χ1v) is 7.72. The molecule has 0 aliphatic heterocycles. The predicted molar refractivity (Wildman–Crippen MR) is 89.4 cm³/mol. The van der Waals surface area contributed by atoms with Gasteiger partial charge in [0.2, 0.25) is 0 Å². The molecule has 0 fully saturated rings. The van der Waals surface area contributed by atoms with Gasteiger partial charge in [0.05, 0.1) is 0 Å². The van der Waals surface area contributed by atoms with Crippen LogP contribution in [0.1, 0.15) is 73.6 Å². The van der Waals surface area contributed by atoms with Gasteiger partial charge in [-0.1, -0.05) is 51.0 Å². The zero-order valence-corrected chi connectivity index (χ0v) is 14.1. The van der Waals surface area contributed by atoms with Gasteiger partial charge in [-0.2, -0.15) is 0 Å². The summed E-state index contributed by atoms with van der Waals surface area (Å²) in [6.07, 6.45) is 8.29. The molecule has 0 aromatic carbocycles. The Labute approximate surface area is 121 Å². The Balaban J connectivity index is 4.99. The second-order valence-corrected chi connectivity index (χ2v) is 6.60. The topological polar surface area (TPSA) is 0 Å². The molecule has 0 nitrogen and oxygen atoms in total. The SMILES string of the molecule is C=CC(=C(C)C)C(C)C(C)(CCC)CCCC(=C)C. The molecule has 0 spiro atoms. The minimum atomic E-state index is 0.380. The second-order valence-electron chi connectivity index (χ2n) is 6.60. The Kier molecular flexibility index (Phi) is 8.06. The highest BCUT2D eigenvalue weighted by Gasteiger charge is 2.31. The van der Waals surface area contributed by atoms with Crippen LogP contribution in [-0.4, -0.2) is 0 Å². The maximum atomic E-state index is 4.02. The summed E-state index contributed by atoms with van der Waals surface area (Å²) < 4.78 is 0. The van der Waals surface area contributed by atoms with Crippen LogP contribution in [0.3, 0.4) is 0 Å². The van der Waals surface area contributed by atoms with Crippen molar-refractivity contribution < 1.29 is 0 Å². The van der Waals surface area contributed by atoms with Crippen molar-refractivity contribution in [3.63, 3.8) is 0 Å². The molecular formula is C19H34. The summed E-state index contributed by atoms with van der Waals surface area (Å²) in [4.78, 5) is 0. The monoisotopic (exact) mass is 262 g/mol. The van der Waals surface area contributed by atoms with Gasteiger partial charge in [0.15, 0.2) is 0 Å². The van der Waals surface area contributed by atoms with Crippen LogP contribution < -0.4 is 0 Å². The lowest BCUT2D eigenvalue weighted by Crippen LogP contribution is -2.27. The molecule has 0 rings (SSSR count). The van der Waals surface area contributed by atoms with Crippen LogP contribution in [-0.2, 0) is 0 Å². The highest BCUT2D eigenvalue weighted by Crippen LogP contribution is 2.42. The first-order valence-electron chi connectivity index (χ1n) is 7.72. The van der Waals surface area contributed by atoms with E-state index in [0.717, 1.165) is 6.42 Å². The van der Waals surface area contributed by atoms with Gasteiger partial charge in [0.25, 0.3) is 0 Å². The summed E-state index contributed by atoms with van der Waals surface area (Å²) in [5, 5.41) is 0. The molecule has 0 aromatic heterocycles. The van der Waals surface area contributed by atoms with E-state index in [1.54, 1.807) is 0 Å². The van der Waals surface area contributed by atoms with Gasteiger partial charge in [0, 0.05) is 0 Å². The lowest BCUT2D eigenvalue weighted by Gasteiger charge is -2.37. The molecule has 0 bridgehead atoms. The molecule has 0 aliphatic rings. The summed E-state index contributed by atoms with van der Waals surface area (Å²) in [5.74, 6) is 0.583. The molecule has 0 N–H and O–H groups in total. The van der Waals surface area contributed by atoms with E-state index in [9.17, 15) is 0 Å². The van der Waals surface area contributed by atoms with Crippen LogP contribution in [0.2, 0.25) is 0 Å². The second kappa shape index (κ2) is 8.40. The van der Waals surface area contributed by atoms with Gasteiger partial charge < -0.3 is 0 Å². The van der Waals surface area contributed by atoms with Gasteiger partial charge >= 0.3 is 0 Å². The first-order chi connectivity index (χ1) is 8.78. The fourth-order valence-electron chi connectivity index (χ4n) is 3.11. The van der Waals surface area contributed by atoms with Crippen molar-refractivity contribution in [1.29, 1.82) is 0 Å². The van der Waals surface area contributed by atoms with Crippen molar-refractivity contribution in [2.75, 3.05) is 0 Å². The summed E-state index contributed by atoms with van der Waals surface area (Å²) in [6, 6.07) is 0. The van der Waals surface area contributed by atoms with Gasteiger partial charge in [0.1, 0.15) is 0 Å². The lowest BCUT2D eigenvalue weighted by molar-refractivity contribution is 0.189. The van der Waals surface area contributed by atoms with Gasteiger partial charge in [-0.05, 0) is 63.4 Å². The van der Waals surface area contributed by atoms with E-state index in [-0.39, 0.29) is 0 Å². The third kappa shape index (κ3) is 5.80. The largest absolute Gasteiger partial charge is 0.100 e. The van der Waals surface area contributed by atoms with E-state index in [1.807, 2.05) is 0 Å². The zero-order valence-electron chi connectivity index (χ0n) is 14.1. The maximum absolute atomic E-state index is 4.02. The van der Waals surface area contributed by atoms with E-state index in [2.05, 4.69) is 60.8 Å². The van der Waals surface area contributed by atoms with Gasteiger partial charge in [-0.25, -0.2) is 0 Å². The Morgan fingerprint density at radius 3 is 2.16 bits per heavy atom. The minimum Gasteiger partial charge on any atom is -0.100 e. The zero-order chi connectivity index (χ0) is 15.1. The van der Waals surface area contributed by atoms with Crippen molar-refractivity contribution in [2.45, 2.75) is 73.6 Å². The van der Waals surface area contributed by atoms with Crippen LogP contribution in [0.15, 0.2) is 36.0 Å². The summed E-state index contributed by atoms with van der Waals surface area (Å²) in [5.41, 5.74) is 4.53. The fraction of sp³-hybridized carbons (Fsp3) is 0.684. The van der Waals surface area contributed by atoms with Crippen molar-refractivity contribution in [1.82, 2.24) is 0 Å². The summed E-state index contributed by atoms with van der Waals surface area (Å²) in [7, 11) is 0. The van der Waals surface area contributed by atoms with Crippen molar-refractivity contribution >= 4 is 0 Å². The highest BCUT2D eigenvalue weighted by molar-refractivity contribution is 5.25. The first kappa shape index (κ1) is 18.2. The molecule has 0 heteroatoms. The van der Waals surface area contributed by atoms with E-state index < -0.39 is 0 Å². The molecule has 110 valence electrons. The predicted octanol–water partition coefficient (Wildman–Crippen LogP) is 6.70. The van der Waals surface area contributed by atoms with Crippen molar-refractivity contribution in [3.05, 3.63) is 36.0 Å². The smallest absolute Gasteiger partial charge is 0.0137 e. The highest BCUT2D eigenvalue weighted by atomic mass is 14.4. The van der Waals surface area contributed by atoms with Crippen LogP contribution in [0.4, 0.5) is 0 Å². The standard InChI is InChI=1S/C19H34/c1-9-13-19(8,14-11-12-15(3)4)17(7)18(10-2)16(5)6/h10,17H,2-3,9,11-14H2,1,4-8H3.